The van der Waals surface area contributed by atoms with E-state index in [0.29, 0.717) is 6.61 Å². The maximum atomic E-state index is 5.53. The number of aromatic nitrogens is 2. The number of fused-ring (bicyclic) bond motifs is 1. The fourth-order valence-electron chi connectivity index (χ4n) is 1.86. The fourth-order valence-corrected chi connectivity index (χ4v) is 2.91. The average Bonchev–Trinajstić information content (AvgIpc) is 2.84. The van der Waals surface area contributed by atoms with E-state index in [1.165, 1.54) is 11.3 Å². The third kappa shape index (κ3) is 3.36. The summed E-state index contributed by atoms with van der Waals surface area (Å²) < 4.78 is 5.53. The highest BCUT2D eigenvalue weighted by Crippen LogP contribution is 2.32. The molecule has 2 rings (SSSR count). The van der Waals surface area contributed by atoms with E-state index in [0.717, 1.165) is 49.1 Å². The molecule has 0 aromatic carbocycles. The largest absolute Gasteiger partial charge is 0.373 e. The SMILES string of the molecule is CCCNc1nc(COCCC)nc2c1CSC2. The summed E-state index contributed by atoms with van der Waals surface area (Å²) in [7, 11) is 0. The van der Waals surface area contributed by atoms with E-state index in [1.807, 2.05) is 11.8 Å². The van der Waals surface area contributed by atoms with Crippen molar-refractivity contribution in [3.63, 3.8) is 0 Å². The van der Waals surface area contributed by atoms with E-state index in [2.05, 4.69) is 29.1 Å². The second-order valence-electron chi connectivity index (χ2n) is 4.39. The van der Waals surface area contributed by atoms with Gasteiger partial charge in [-0.15, -0.1) is 0 Å². The third-order valence-corrected chi connectivity index (χ3v) is 3.72. The first kappa shape index (κ1) is 13.6. The van der Waals surface area contributed by atoms with Gasteiger partial charge in [0.1, 0.15) is 12.4 Å². The van der Waals surface area contributed by atoms with Crippen LogP contribution in [-0.4, -0.2) is 23.1 Å². The number of anilines is 1. The molecular weight excluding hydrogens is 246 g/mol. The summed E-state index contributed by atoms with van der Waals surface area (Å²) in [4.78, 5) is 9.19. The van der Waals surface area contributed by atoms with Crippen LogP contribution in [-0.2, 0) is 22.8 Å². The Morgan fingerprint density at radius 1 is 1.22 bits per heavy atom. The molecule has 0 saturated heterocycles. The second-order valence-corrected chi connectivity index (χ2v) is 5.37. The number of ether oxygens (including phenoxy) is 1. The van der Waals surface area contributed by atoms with Crippen LogP contribution in [0.4, 0.5) is 5.82 Å². The van der Waals surface area contributed by atoms with Crippen LogP contribution < -0.4 is 5.32 Å². The lowest BCUT2D eigenvalue weighted by Gasteiger charge is -2.11. The molecule has 1 aromatic heterocycles. The van der Waals surface area contributed by atoms with E-state index in [1.54, 1.807) is 0 Å². The first-order valence-electron chi connectivity index (χ1n) is 6.63. The summed E-state index contributed by atoms with van der Waals surface area (Å²) in [6.45, 7) is 6.52. The maximum absolute atomic E-state index is 5.53. The minimum atomic E-state index is 0.520. The van der Waals surface area contributed by atoms with Gasteiger partial charge < -0.3 is 10.1 Å². The number of hydrogen-bond donors (Lipinski definition) is 1. The summed E-state index contributed by atoms with van der Waals surface area (Å²) in [5.41, 5.74) is 2.47. The topological polar surface area (TPSA) is 47.0 Å². The molecule has 0 unspecified atom stereocenters. The van der Waals surface area contributed by atoms with Crippen LogP contribution in [0.15, 0.2) is 0 Å². The molecule has 1 aliphatic rings. The van der Waals surface area contributed by atoms with Crippen LogP contribution >= 0.6 is 11.8 Å². The zero-order chi connectivity index (χ0) is 12.8. The lowest BCUT2D eigenvalue weighted by atomic mass is 10.2. The predicted octanol–water partition coefficient (Wildman–Crippen LogP) is 2.97. The molecule has 0 aliphatic carbocycles. The van der Waals surface area contributed by atoms with E-state index >= 15 is 0 Å². The number of nitrogens with zero attached hydrogens (tertiary/aromatic N) is 2. The van der Waals surface area contributed by atoms with Crippen molar-refractivity contribution < 1.29 is 4.74 Å². The third-order valence-electron chi connectivity index (χ3n) is 2.75. The van der Waals surface area contributed by atoms with Crippen LogP contribution in [0, 0.1) is 0 Å². The van der Waals surface area contributed by atoms with Crippen molar-refractivity contribution in [2.45, 2.75) is 44.8 Å². The van der Waals surface area contributed by atoms with Gasteiger partial charge in [0.2, 0.25) is 0 Å². The van der Waals surface area contributed by atoms with Crippen molar-refractivity contribution in [3.05, 3.63) is 17.1 Å². The van der Waals surface area contributed by atoms with E-state index in [-0.39, 0.29) is 0 Å². The van der Waals surface area contributed by atoms with Crippen molar-refractivity contribution in [3.8, 4) is 0 Å². The van der Waals surface area contributed by atoms with Crippen LogP contribution in [0.2, 0.25) is 0 Å². The van der Waals surface area contributed by atoms with Crippen LogP contribution in [0.25, 0.3) is 0 Å². The zero-order valence-corrected chi connectivity index (χ0v) is 12.0. The predicted molar refractivity (Wildman–Crippen MR) is 75.8 cm³/mol. The normalized spacial score (nSPS) is 13.7. The second kappa shape index (κ2) is 6.95. The summed E-state index contributed by atoms with van der Waals surface area (Å²) in [6, 6.07) is 0. The lowest BCUT2D eigenvalue weighted by Crippen LogP contribution is -2.10. The number of hydrogen-bond acceptors (Lipinski definition) is 5. The summed E-state index contributed by atoms with van der Waals surface area (Å²) in [5.74, 6) is 3.85. The molecule has 0 amide bonds. The molecule has 1 aromatic rings. The van der Waals surface area contributed by atoms with Gasteiger partial charge >= 0.3 is 0 Å². The Hall–Kier alpha value is -0.810. The molecule has 0 saturated carbocycles. The number of rotatable bonds is 7. The summed E-state index contributed by atoms with van der Waals surface area (Å²) >= 11 is 1.90. The van der Waals surface area contributed by atoms with Crippen molar-refractivity contribution in [1.82, 2.24) is 9.97 Å². The molecule has 1 N–H and O–H groups in total. The molecule has 0 fully saturated rings. The number of thioether (sulfide) groups is 1. The zero-order valence-electron chi connectivity index (χ0n) is 11.2. The Labute approximate surface area is 113 Å². The Bertz CT molecular complexity index is 398. The fraction of sp³-hybridized carbons (Fsp3) is 0.692. The molecule has 0 atom stereocenters. The average molecular weight is 267 g/mol. The molecule has 4 nitrogen and oxygen atoms in total. The monoisotopic (exact) mass is 267 g/mol. The highest BCUT2D eigenvalue weighted by atomic mass is 32.2. The highest BCUT2D eigenvalue weighted by Gasteiger charge is 2.19. The van der Waals surface area contributed by atoms with Crippen molar-refractivity contribution in [1.29, 1.82) is 0 Å². The molecule has 5 heteroatoms. The van der Waals surface area contributed by atoms with E-state index in [9.17, 15) is 0 Å². The molecule has 0 radical (unpaired) electrons. The highest BCUT2D eigenvalue weighted by molar-refractivity contribution is 7.98. The number of nitrogens with one attached hydrogen (secondary N) is 1. The van der Waals surface area contributed by atoms with Gasteiger partial charge in [-0.3, -0.25) is 0 Å². The van der Waals surface area contributed by atoms with Gasteiger partial charge in [-0.05, 0) is 12.8 Å². The molecular formula is C13H21N3OS. The first-order valence-corrected chi connectivity index (χ1v) is 7.78. The van der Waals surface area contributed by atoms with Gasteiger partial charge in [0.05, 0.1) is 5.69 Å². The Morgan fingerprint density at radius 2 is 2.11 bits per heavy atom. The lowest BCUT2D eigenvalue weighted by molar-refractivity contribution is 0.116. The van der Waals surface area contributed by atoms with Gasteiger partial charge in [0, 0.05) is 30.2 Å². The Kier molecular flexibility index (Phi) is 5.26. The van der Waals surface area contributed by atoms with Crippen molar-refractivity contribution >= 4 is 17.6 Å². The van der Waals surface area contributed by atoms with Gasteiger partial charge in [-0.1, -0.05) is 13.8 Å². The minimum Gasteiger partial charge on any atom is -0.373 e. The molecule has 18 heavy (non-hydrogen) atoms. The maximum Gasteiger partial charge on any atom is 0.156 e. The quantitative estimate of drug-likeness (QED) is 0.770. The van der Waals surface area contributed by atoms with Crippen LogP contribution in [0.3, 0.4) is 0 Å². The van der Waals surface area contributed by atoms with Gasteiger partial charge in [0.15, 0.2) is 5.82 Å². The van der Waals surface area contributed by atoms with E-state index in [4.69, 9.17) is 4.74 Å². The van der Waals surface area contributed by atoms with Gasteiger partial charge in [0.25, 0.3) is 0 Å². The standard InChI is InChI=1S/C13H21N3OS/c1-3-5-14-13-10-8-18-9-11(10)15-12(16-13)7-17-6-4-2/h3-9H2,1-2H3,(H,14,15,16). The Morgan fingerprint density at radius 3 is 2.89 bits per heavy atom. The van der Waals surface area contributed by atoms with Crippen LogP contribution in [0.1, 0.15) is 43.8 Å². The molecule has 100 valence electrons. The Balaban J connectivity index is 2.11. The molecule has 0 bridgehead atoms. The molecule has 0 spiro atoms. The van der Waals surface area contributed by atoms with Gasteiger partial charge in [-0.25, -0.2) is 9.97 Å². The van der Waals surface area contributed by atoms with E-state index < -0.39 is 0 Å². The molecule has 1 aliphatic heterocycles. The summed E-state index contributed by atoms with van der Waals surface area (Å²) in [5, 5.41) is 3.41. The summed E-state index contributed by atoms with van der Waals surface area (Å²) in [6.07, 6.45) is 2.13. The van der Waals surface area contributed by atoms with Crippen molar-refractivity contribution in [2.24, 2.45) is 0 Å². The van der Waals surface area contributed by atoms with Crippen LogP contribution in [0.5, 0.6) is 0 Å². The van der Waals surface area contributed by atoms with Crippen molar-refractivity contribution in [2.75, 3.05) is 18.5 Å². The van der Waals surface area contributed by atoms with Gasteiger partial charge in [-0.2, -0.15) is 11.8 Å². The smallest absolute Gasteiger partial charge is 0.156 e. The minimum absolute atomic E-state index is 0.520. The molecule has 2 heterocycles. The first-order chi connectivity index (χ1) is 8.85.